The number of nitrogens with zero attached hydrogens (tertiary/aromatic N) is 1. The van der Waals surface area contributed by atoms with Crippen molar-refractivity contribution in [2.75, 3.05) is 0 Å². The molecule has 0 fully saturated rings. The van der Waals surface area contributed by atoms with Crippen molar-refractivity contribution < 1.29 is 10.0 Å². The number of aromatic amines is 1. The third-order valence-corrected chi connectivity index (χ3v) is 2.97. The van der Waals surface area contributed by atoms with Crippen molar-refractivity contribution in [3.05, 3.63) is 48.8 Å². The molecular formula is C13H11BN2O2. The molecule has 0 amide bonds. The van der Waals surface area contributed by atoms with Crippen molar-refractivity contribution in [1.82, 2.24) is 9.97 Å². The summed E-state index contributed by atoms with van der Waals surface area (Å²) in [6.45, 7) is 0. The first-order chi connectivity index (χ1) is 8.77. The number of aromatic nitrogens is 2. The molecule has 0 spiro atoms. The fourth-order valence-corrected chi connectivity index (χ4v) is 2.15. The number of benzene rings is 1. The third kappa shape index (κ3) is 1.70. The van der Waals surface area contributed by atoms with Crippen molar-refractivity contribution >= 4 is 23.6 Å². The summed E-state index contributed by atoms with van der Waals surface area (Å²) in [5.41, 5.74) is 2.78. The molecular weight excluding hydrogens is 227 g/mol. The van der Waals surface area contributed by atoms with Gasteiger partial charge in [0.05, 0.1) is 0 Å². The first kappa shape index (κ1) is 11.0. The summed E-state index contributed by atoms with van der Waals surface area (Å²) >= 11 is 0. The molecule has 0 radical (unpaired) electrons. The van der Waals surface area contributed by atoms with Crippen LogP contribution in [0.3, 0.4) is 0 Å². The fraction of sp³-hybridized carbons (Fsp3) is 0. The van der Waals surface area contributed by atoms with Gasteiger partial charge in [0.1, 0.15) is 5.65 Å². The first-order valence-electron chi connectivity index (χ1n) is 5.65. The van der Waals surface area contributed by atoms with Crippen LogP contribution in [-0.4, -0.2) is 27.1 Å². The van der Waals surface area contributed by atoms with Crippen LogP contribution in [0.5, 0.6) is 0 Å². The van der Waals surface area contributed by atoms with E-state index in [0.29, 0.717) is 11.1 Å². The number of hydrogen-bond acceptors (Lipinski definition) is 3. The Labute approximate surface area is 104 Å². The number of pyridine rings is 1. The van der Waals surface area contributed by atoms with Crippen LogP contribution in [-0.2, 0) is 0 Å². The average molecular weight is 238 g/mol. The van der Waals surface area contributed by atoms with Crippen molar-refractivity contribution in [3.8, 4) is 11.1 Å². The Kier molecular flexibility index (Phi) is 2.62. The monoisotopic (exact) mass is 238 g/mol. The van der Waals surface area contributed by atoms with Crippen molar-refractivity contribution in [2.45, 2.75) is 0 Å². The Morgan fingerprint density at radius 2 is 1.83 bits per heavy atom. The second-order valence-electron chi connectivity index (χ2n) is 4.07. The molecule has 88 valence electrons. The number of hydrogen-bond donors (Lipinski definition) is 3. The summed E-state index contributed by atoms with van der Waals surface area (Å²) < 4.78 is 0. The quantitative estimate of drug-likeness (QED) is 0.581. The number of rotatable bonds is 2. The molecule has 3 N–H and O–H groups in total. The van der Waals surface area contributed by atoms with Crippen LogP contribution in [0.25, 0.3) is 22.2 Å². The highest BCUT2D eigenvalue weighted by Crippen LogP contribution is 2.20. The van der Waals surface area contributed by atoms with E-state index in [-0.39, 0.29) is 0 Å². The summed E-state index contributed by atoms with van der Waals surface area (Å²) in [5, 5.41) is 19.9. The Bertz CT molecular complexity index is 680. The van der Waals surface area contributed by atoms with Gasteiger partial charge in [-0.15, -0.1) is 0 Å². The van der Waals surface area contributed by atoms with Crippen molar-refractivity contribution in [1.29, 1.82) is 0 Å². The van der Waals surface area contributed by atoms with Gasteiger partial charge in [-0.05, 0) is 11.6 Å². The van der Waals surface area contributed by atoms with E-state index in [4.69, 9.17) is 0 Å². The molecule has 2 aromatic heterocycles. The molecule has 18 heavy (non-hydrogen) atoms. The molecule has 2 heterocycles. The summed E-state index contributed by atoms with van der Waals surface area (Å²) in [6.07, 6.45) is 3.39. The number of H-pyrrole nitrogens is 1. The predicted octanol–water partition coefficient (Wildman–Crippen LogP) is 0.910. The van der Waals surface area contributed by atoms with Crippen LogP contribution in [0.4, 0.5) is 0 Å². The zero-order chi connectivity index (χ0) is 12.5. The van der Waals surface area contributed by atoms with Crippen LogP contribution in [0, 0.1) is 0 Å². The minimum atomic E-state index is -1.53. The van der Waals surface area contributed by atoms with Gasteiger partial charge >= 0.3 is 7.12 Å². The summed E-state index contributed by atoms with van der Waals surface area (Å²) in [6, 6.07) is 11.4. The molecule has 3 aromatic rings. The largest absolute Gasteiger partial charge is 0.489 e. The van der Waals surface area contributed by atoms with E-state index < -0.39 is 7.12 Å². The zero-order valence-corrected chi connectivity index (χ0v) is 9.54. The van der Waals surface area contributed by atoms with Gasteiger partial charge in [-0.2, -0.15) is 0 Å². The molecule has 1 aromatic carbocycles. The van der Waals surface area contributed by atoms with Gasteiger partial charge in [0.25, 0.3) is 0 Å². The van der Waals surface area contributed by atoms with Gasteiger partial charge in [0, 0.05) is 28.8 Å². The molecule has 0 atom stereocenters. The van der Waals surface area contributed by atoms with Gasteiger partial charge in [-0.25, -0.2) is 4.98 Å². The van der Waals surface area contributed by atoms with Gasteiger partial charge in [0.2, 0.25) is 0 Å². The average Bonchev–Trinajstić information content (AvgIpc) is 2.86. The minimum Gasteiger partial charge on any atom is -0.423 e. The van der Waals surface area contributed by atoms with E-state index in [1.165, 1.54) is 0 Å². The van der Waals surface area contributed by atoms with Crippen LogP contribution in [0.15, 0.2) is 48.8 Å². The normalized spacial score (nSPS) is 10.8. The second-order valence-corrected chi connectivity index (χ2v) is 4.07. The molecule has 3 rings (SSSR count). The predicted molar refractivity (Wildman–Crippen MR) is 71.4 cm³/mol. The maximum atomic E-state index is 9.60. The molecule has 0 saturated carbocycles. The smallest absolute Gasteiger partial charge is 0.423 e. The Morgan fingerprint density at radius 1 is 1.06 bits per heavy atom. The third-order valence-electron chi connectivity index (χ3n) is 2.97. The fourth-order valence-electron chi connectivity index (χ4n) is 2.15. The van der Waals surface area contributed by atoms with Crippen LogP contribution < -0.4 is 5.46 Å². The van der Waals surface area contributed by atoms with Gasteiger partial charge in [0.15, 0.2) is 0 Å². The lowest BCUT2D eigenvalue weighted by molar-refractivity contribution is 0.426. The zero-order valence-electron chi connectivity index (χ0n) is 9.54. The molecule has 0 unspecified atom stereocenters. The molecule has 0 aliphatic rings. The second kappa shape index (κ2) is 4.29. The molecule has 0 saturated heterocycles. The summed E-state index contributed by atoms with van der Waals surface area (Å²) in [5.74, 6) is 0. The standard InChI is InChI=1S/C13H11BN2O2/c17-14(18)12-10-6-7-15-13(10)16-8-11(12)9-4-2-1-3-5-9/h1-8,17-18H,(H,15,16). The van der Waals surface area contributed by atoms with Crippen LogP contribution >= 0.6 is 0 Å². The Morgan fingerprint density at radius 3 is 2.56 bits per heavy atom. The molecule has 0 aliphatic carbocycles. The summed E-state index contributed by atoms with van der Waals surface area (Å²) in [4.78, 5) is 7.24. The van der Waals surface area contributed by atoms with Crippen LogP contribution in [0.1, 0.15) is 0 Å². The number of nitrogens with one attached hydrogen (secondary N) is 1. The van der Waals surface area contributed by atoms with Crippen molar-refractivity contribution in [2.24, 2.45) is 0 Å². The molecule has 4 nitrogen and oxygen atoms in total. The molecule has 5 heteroatoms. The van der Waals surface area contributed by atoms with Gasteiger partial charge < -0.3 is 15.0 Å². The lowest BCUT2D eigenvalue weighted by Gasteiger charge is -2.09. The lowest BCUT2D eigenvalue weighted by Crippen LogP contribution is -2.32. The Hall–Kier alpha value is -2.11. The highest BCUT2D eigenvalue weighted by Gasteiger charge is 2.21. The van der Waals surface area contributed by atoms with Crippen LogP contribution in [0.2, 0.25) is 0 Å². The number of fused-ring (bicyclic) bond motifs is 1. The Balaban J connectivity index is 2.32. The maximum absolute atomic E-state index is 9.60. The molecule has 0 bridgehead atoms. The topological polar surface area (TPSA) is 69.1 Å². The van der Waals surface area contributed by atoms with E-state index in [0.717, 1.165) is 16.5 Å². The highest BCUT2D eigenvalue weighted by atomic mass is 16.4. The van der Waals surface area contributed by atoms with E-state index in [9.17, 15) is 10.0 Å². The van der Waals surface area contributed by atoms with E-state index in [1.54, 1.807) is 18.5 Å². The van der Waals surface area contributed by atoms with E-state index in [2.05, 4.69) is 9.97 Å². The first-order valence-corrected chi connectivity index (χ1v) is 5.65. The minimum absolute atomic E-state index is 0.479. The van der Waals surface area contributed by atoms with Gasteiger partial charge in [-0.1, -0.05) is 30.3 Å². The maximum Gasteiger partial charge on any atom is 0.489 e. The van der Waals surface area contributed by atoms with Gasteiger partial charge in [-0.3, -0.25) is 0 Å². The van der Waals surface area contributed by atoms with E-state index >= 15 is 0 Å². The molecule has 0 aliphatic heterocycles. The summed E-state index contributed by atoms with van der Waals surface area (Å²) in [7, 11) is -1.53. The van der Waals surface area contributed by atoms with E-state index in [1.807, 2.05) is 30.3 Å². The SMILES string of the molecule is OB(O)c1c(-c2ccccc2)cnc2[nH]ccc12. The van der Waals surface area contributed by atoms with Crippen molar-refractivity contribution in [3.63, 3.8) is 0 Å². The lowest BCUT2D eigenvalue weighted by atomic mass is 9.74. The highest BCUT2D eigenvalue weighted by molar-refractivity contribution is 6.63.